The average Bonchev–Trinajstić information content (AvgIpc) is 2.68. The molecule has 1 saturated heterocycles. The van der Waals surface area contributed by atoms with Gasteiger partial charge in [-0.15, -0.1) is 0 Å². The van der Waals surface area contributed by atoms with Crippen molar-refractivity contribution in [2.24, 2.45) is 0 Å². The van der Waals surface area contributed by atoms with E-state index >= 15 is 0 Å². The molecule has 0 saturated carbocycles. The van der Waals surface area contributed by atoms with Crippen molar-refractivity contribution in [3.8, 4) is 17.2 Å². The molecule has 1 aromatic heterocycles. The lowest BCUT2D eigenvalue weighted by molar-refractivity contribution is -0.0404. The van der Waals surface area contributed by atoms with E-state index in [1.54, 1.807) is 23.2 Å². The van der Waals surface area contributed by atoms with Crippen LogP contribution in [0.4, 0.5) is 4.79 Å². The van der Waals surface area contributed by atoms with Crippen LogP contribution in [0.1, 0.15) is 12.6 Å². The van der Waals surface area contributed by atoms with E-state index in [0.717, 1.165) is 5.69 Å². The summed E-state index contributed by atoms with van der Waals surface area (Å²) in [6, 6.07) is 10.9. The molecule has 1 fully saturated rings. The second-order valence-corrected chi connectivity index (χ2v) is 6.13. The largest absolute Gasteiger partial charge is 0.490 e. The van der Waals surface area contributed by atoms with E-state index in [4.69, 9.17) is 18.9 Å². The quantitative estimate of drug-likeness (QED) is 0.776. The van der Waals surface area contributed by atoms with Crippen molar-refractivity contribution in [2.45, 2.75) is 20.0 Å². The Bertz CT molecular complexity index is 768. The van der Waals surface area contributed by atoms with E-state index in [9.17, 15) is 4.79 Å². The van der Waals surface area contributed by atoms with Crippen LogP contribution in [0.2, 0.25) is 0 Å². The Kier molecular flexibility index (Phi) is 6.49. The third kappa shape index (κ3) is 5.34. The van der Waals surface area contributed by atoms with Crippen molar-refractivity contribution >= 4 is 6.09 Å². The fourth-order valence-electron chi connectivity index (χ4n) is 2.76. The third-order valence-corrected chi connectivity index (χ3v) is 4.04. The van der Waals surface area contributed by atoms with Gasteiger partial charge in [0.05, 0.1) is 19.8 Å². The minimum Gasteiger partial charge on any atom is -0.490 e. The van der Waals surface area contributed by atoms with E-state index < -0.39 is 6.09 Å². The molecule has 7 nitrogen and oxygen atoms in total. The predicted molar refractivity (Wildman–Crippen MR) is 99.4 cm³/mol. The van der Waals surface area contributed by atoms with Gasteiger partial charge in [-0.3, -0.25) is 4.98 Å². The number of aromatic nitrogens is 1. The summed E-state index contributed by atoms with van der Waals surface area (Å²) in [4.78, 5) is 18.1. The number of aryl methyl sites for hydroxylation is 1. The van der Waals surface area contributed by atoms with E-state index in [1.807, 2.05) is 38.1 Å². The smallest absolute Gasteiger partial charge is 0.415 e. The Morgan fingerprint density at radius 2 is 2.04 bits per heavy atom. The van der Waals surface area contributed by atoms with Gasteiger partial charge in [0, 0.05) is 24.5 Å². The number of para-hydroxylation sites is 2. The summed E-state index contributed by atoms with van der Waals surface area (Å²) in [5, 5.41) is 0. The maximum absolute atomic E-state index is 12.4. The van der Waals surface area contributed by atoms with Crippen molar-refractivity contribution in [1.29, 1.82) is 0 Å². The van der Waals surface area contributed by atoms with Crippen molar-refractivity contribution in [3.63, 3.8) is 0 Å². The molecule has 1 aliphatic rings. The Balaban J connectivity index is 1.54. The SMILES string of the molecule is CCOc1ccccc1OCC1CN(C(=O)Oc2ccnc(C)c2)CCO1. The molecule has 1 aliphatic heterocycles. The summed E-state index contributed by atoms with van der Waals surface area (Å²) >= 11 is 0. The van der Waals surface area contributed by atoms with Crippen molar-refractivity contribution in [3.05, 3.63) is 48.3 Å². The zero-order chi connectivity index (χ0) is 19.1. The van der Waals surface area contributed by atoms with E-state index in [2.05, 4.69) is 4.98 Å². The lowest BCUT2D eigenvalue weighted by Gasteiger charge is -2.32. The topological polar surface area (TPSA) is 70.1 Å². The molecule has 1 atom stereocenters. The highest BCUT2D eigenvalue weighted by Gasteiger charge is 2.26. The normalized spacial score (nSPS) is 16.7. The highest BCUT2D eigenvalue weighted by atomic mass is 16.6. The highest BCUT2D eigenvalue weighted by molar-refractivity contribution is 5.70. The zero-order valence-corrected chi connectivity index (χ0v) is 15.6. The van der Waals surface area contributed by atoms with Gasteiger partial charge in [0.25, 0.3) is 0 Å². The molecule has 7 heteroatoms. The number of rotatable bonds is 6. The lowest BCUT2D eigenvalue weighted by Crippen LogP contribution is -2.48. The molecular formula is C20H24N2O5. The van der Waals surface area contributed by atoms with Crippen LogP contribution in [0.25, 0.3) is 0 Å². The summed E-state index contributed by atoms with van der Waals surface area (Å²) in [6.07, 6.45) is 0.979. The number of carbonyl (C=O) groups excluding carboxylic acids is 1. The number of hydrogen-bond donors (Lipinski definition) is 0. The van der Waals surface area contributed by atoms with Crippen LogP contribution < -0.4 is 14.2 Å². The summed E-state index contributed by atoms with van der Waals surface area (Å²) in [5.41, 5.74) is 0.793. The molecule has 1 aromatic carbocycles. The molecule has 0 bridgehead atoms. The minimum atomic E-state index is -0.399. The molecule has 2 aromatic rings. The van der Waals surface area contributed by atoms with Gasteiger partial charge in [0.1, 0.15) is 18.5 Å². The molecule has 1 amide bonds. The second-order valence-electron chi connectivity index (χ2n) is 6.13. The Hall–Kier alpha value is -2.80. The molecule has 0 aliphatic carbocycles. The fraction of sp³-hybridized carbons (Fsp3) is 0.400. The van der Waals surface area contributed by atoms with Crippen LogP contribution >= 0.6 is 0 Å². The van der Waals surface area contributed by atoms with Gasteiger partial charge in [-0.1, -0.05) is 12.1 Å². The molecule has 1 unspecified atom stereocenters. The molecule has 144 valence electrons. The van der Waals surface area contributed by atoms with Crippen LogP contribution in [0.5, 0.6) is 17.2 Å². The first-order valence-corrected chi connectivity index (χ1v) is 9.01. The van der Waals surface area contributed by atoms with Gasteiger partial charge < -0.3 is 23.8 Å². The first kappa shape index (κ1) is 19.0. The predicted octanol–water partition coefficient (Wildman–Crippen LogP) is 3.07. The van der Waals surface area contributed by atoms with Crippen LogP contribution in [0, 0.1) is 6.92 Å². The van der Waals surface area contributed by atoms with E-state index in [1.165, 1.54) is 0 Å². The molecule has 0 N–H and O–H groups in total. The van der Waals surface area contributed by atoms with Gasteiger partial charge in [-0.05, 0) is 32.0 Å². The number of carbonyl (C=O) groups is 1. The Labute approximate surface area is 158 Å². The molecule has 0 radical (unpaired) electrons. The Morgan fingerprint density at radius 1 is 1.26 bits per heavy atom. The van der Waals surface area contributed by atoms with Gasteiger partial charge in [0.15, 0.2) is 11.5 Å². The molecule has 27 heavy (non-hydrogen) atoms. The molecular weight excluding hydrogens is 348 g/mol. The maximum atomic E-state index is 12.4. The molecule has 2 heterocycles. The van der Waals surface area contributed by atoms with Crippen molar-refractivity contribution in [1.82, 2.24) is 9.88 Å². The van der Waals surface area contributed by atoms with Crippen LogP contribution in [0.3, 0.4) is 0 Å². The van der Waals surface area contributed by atoms with Crippen molar-refractivity contribution < 1.29 is 23.7 Å². The third-order valence-electron chi connectivity index (χ3n) is 4.04. The summed E-state index contributed by atoms with van der Waals surface area (Å²) < 4.78 is 22.6. The van der Waals surface area contributed by atoms with Gasteiger partial charge in [0.2, 0.25) is 0 Å². The summed E-state index contributed by atoms with van der Waals surface area (Å²) in [5.74, 6) is 1.84. The summed E-state index contributed by atoms with van der Waals surface area (Å²) in [6.45, 7) is 5.98. The minimum absolute atomic E-state index is 0.236. The zero-order valence-electron chi connectivity index (χ0n) is 15.6. The Morgan fingerprint density at radius 3 is 2.78 bits per heavy atom. The number of benzene rings is 1. The second kappa shape index (κ2) is 9.23. The molecule has 3 rings (SSSR count). The molecule has 0 spiro atoms. The highest BCUT2D eigenvalue weighted by Crippen LogP contribution is 2.26. The number of pyridine rings is 1. The van der Waals surface area contributed by atoms with E-state index in [-0.39, 0.29) is 6.10 Å². The van der Waals surface area contributed by atoms with Crippen molar-refractivity contribution in [2.75, 3.05) is 32.9 Å². The standard InChI is InChI=1S/C20H24N2O5/c1-3-24-18-6-4-5-7-19(18)26-14-17-13-22(10-11-25-17)20(23)27-16-8-9-21-15(2)12-16/h4-9,12,17H,3,10-11,13-14H2,1-2H3. The number of morpholine rings is 1. The van der Waals surface area contributed by atoms with Gasteiger partial charge in [-0.25, -0.2) is 4.79 Å². The number of hydrogen-bond acceptors (Lipinski definition) is 6. The number of ether oxygens (including phenoxy) is 4. The fourth-order valence-corrected chi connectivity index (χ4v) is 2.76. The maximum Gasteiger partial charge on any atom is 0.415 e. The first-order valence-electron chi connectivity index (χ1n) is 9.01. The van der Waals surface area contributed by atoms with Crippen LogP contribution in [-0.4, -0.2) is 55.0 Å². The number of amides is 1. The number of nitrogens with zero attached hydrogens (tertiary/aromatic N) is 2. The summed E-state index contributed by atoms with van der Waals surface area (Å²) in [7, 11) is 0. The van der Waals surface area contributed by atoms with Gasteiger partial charge >= 0.3 is 6.09 Å². The first-order chi connectivity index (χ1) is 13.2. The van der Waals surface area contributed by atoms with Gasteiger partial charge in [-0.2, -0.15) is 0 Å². The average molecular weight is 372 g/mol. The van der Waals surface area contributed by atoms with Crippen LogP contribution in [-0.2, 0) is 4.74 Å². The van der Waals surface area contributed by atoms with Crippen LogP contribution in [0.15, 0.2) is 42.6 Å². The monoisotopic (exact) mass is 372 g/mol. The lowest BCUT2D eigenvalue weighted by atomic mass is 10.3. The van der Waals surface area contributed by atoms with E-state index in [0.29, 0.717) is 50.2 Å².